The maximum atomic E-state index is 13.0. The van der Waals surface area contributed by atoms with E-state index in [4.69, 9.17) is 0 Å². The highest BCUT2D eigenvalue weighted by molar-refractivity contribution is 4.86. The van der Waals surface area contributed by atoms with Crippen LogP contribution < -0.4 is 5.32 Å². The van der Waals surface area contributed by atoms with Crippen LogP contribution in [0.1, 0.15) is 72.6 Å². The minimum Gasteiger partial charge on any atom is -0.314 e. The number of nitrogens with one attached hydrogen (secondary N) is 1. The highest BCUT2D eigenvalue weighted by Gasteiger charge is 2.43. The van der Waals surface area contributed by atoms with Gasteiger partial charge in [0.1, 0.15) is 0 Å². The van der Waals surface area contributed by atoms with Gasteiger partial charge in [-0.25, -0.2) is 0 Å². The topological polar surface area (TPSA) is 12.0 Å². The summed E-state index contributed by atoms with van der Waals surface area (Å²) in [6.07, 6.45) is 1.35. The Kier molecular flexibility index (Phi) is 7.02. The molecule has 0 amide bonds. The van der Waals surface area contributed by atoms with Crippen molar-refractivity contribution in [3.8, 4) is 0 Å². The zero-order valence-corrected chi connectivity index (χ0v) is 14.0. The Hall–Kier alpha value is -0.250. The van der Waals surface area contributed by atoms with Gasteiger partial charge < -0.3 is 5.32 Å². The molecule has 126 valence electrons. The molecule has 4 heteroatoms. The van der Waals surface area contributed by atoms with E-state index < -0.39 is 12.1 Å². The summed E-state index contributed by atoms with van der Waals surface area (Å²) in [5.74, 6) is -0.906. The highest BCUT2D eigenvalue weighted by atomic mass is 19.4. The Morgan fingerprint density at radius 3 is 2.33 bits per heavy atom. The average molecular weight is 307 g/mol. The molecule has 0 aliphatic heterocycles. The Morgan fingerprint density at radius 2 is 1.81 bits per heavy atom. The first kappa shape index (κ1) is 18.8. The fourth-order valence-electron chi connectivity index (χ4n) is 3.31. The van der Waals surface area contributed by atoms with Crippen LogP contribution in [0.5, 0.6) is 0 Å². The van der Waals surface area contributed by atoms with Crippen LogP contribution >= 0.6 is 0 Å². The molecule has 0 aromatic carbocycles. The van der Waals surface area contributed by atoms with Crippen LogP contribution in [0.15, 0.2) is 0 Å². The molecule has 1 rings (SSSR count). The summed E-state index contributed by atoms with van der Waals surface area (Å²) in [4.78, 5) is 0. The van der Waals surface area contributed by atoms with Crippen LogP contribution in [0.25, 0.3) is 0 Å². The quantitative estimate of drug-likeness (QED) is 0.678. The summed E-state index contributed by atoms with van der Waals surface area (Å²) < 4.78 is 39.0. The van der Waals surface area contributed by atoms with E-state index in [1.807, 2.05) is 0 Å². The summed E-state index contributed by atoms with van der Waals surface area (Å²) in [7, 11) is 0. The molecule has 1 nitrogen and oxygen atoms in total. The second kappa shape index (κ2) is 7.85. The average Bonchev–Trinajstić information content (AvgIpc) is 2.37. The molecule has 0 radical (unpaired) electrons. The van der Waals surface area contributed by atoms with Crippen molar-refractivity contribution in [2.75, 3.05) is 6.54 Å². The number of hydrogen-bond acceptors (Lipinski definition) is 1. The van der Waals surface area contributed by atoms with E-state index in [1.54, 1.807) is 0 Å². The third-order valence-electron chi connectivity index (χ3n) is 4.61. The first-order valence-corrected chi connectivity index (χ1v) is 8.43. The SMILES string of the molecule is CCCNC(CCC(C)(C)C)C1CCCC(C(F)(F)F)C1. The fraction of sp³-hybridized carbons (Fsp3) is 1.00. The summed E-state index contributed by atoms with van der Waals surface area (Å²) >= 11 is 0. The maximum Gasteiger partial charge on any atom is 0.391 e. The number of alkyl halides is 3. The standard InChI is InChI=1S/C17H32F3N/c1-5-11-21-15(9-10-16(2,3)4)13-7-6-8-14(12-13)17(18,19)20/h13-15,21H,5-12H2,1-4H3. The predicted molar refractivity (Wildman–Crippen MR) is 82.3 cm³/mol. The molecular formula is C17H32F3N. The molecule has 0 aromatic heterocycles. The van der Waals surface area contributed by atoms with Gasteiger partial charge in [0.15, 0.2) is 0 Å². The van der Waals surface area contributed by atoms with Crippen molar-refractivity contribution in [3.63, 3.8) is 0 Å². The molecule has 0 heterocycles. The summed E-state index contributed by atoms with van der Waals surface area (Å²) in [5.41, 5.74) is 0.240. The van der Waals surface area contributed by atoms with Gasteiger partial charge in [0.25, 0.3) is 0 Å². The van der Waals surface area contributed by atoms with E-state index in [-0.39, 0.29) is 17.4 Å². The minimum atomic E-state index is -4.02. The minimum absolute atomic E-state index is 0.180. The molecule has 0 aromatic rings. The molecule has 0 saturated heterocycles. The normalized spacial score (nSPS) is 25.9. The second-order valence-corrected chi connectivity index (χ2v) is 7.83. The zero-order chi connectivity index (χ0) is 16.1. The molecule has 21 heavy (non-hydrogen) atoms. The van der Waals surface area contributed by atoms with Gasteiger partial charge in [0.05, 0.1) is 5.92 Å². The van der Waals surface area contributed by atoms with Crippen LogP contribution in [0, 0.1) is 17.3 Å². The van der Waals surface area contributed by atoms with E-state index in [0.717, 1.165) is 32.2 Å². The Bertz CT molecular complexity index is 293. The van der Waals surface area contributed by atoms with Gasteiger partial charge in [-0.2, -0.15) is 13.2 Å². The zero-order valence-electron chi connectivity index (χ0n) is 14.0. The van der Waals surface area contributed by atoms with Crippen LogP contribution in [0.2, 0.25) is 0 Å². The molecule has 1 saturated carbocycles. The van der Waals surface area contributed by atoms with Gasteiger partial charge in [-0.15, -0.1) is 0 Å². The molecule has 0 spiro atoms. The lowest BCUT2D eigenvalue weighted by atomic mass is 9.75. The monoisotopic (exact) mass is 307 g/mol. The van der Waals surface area contributed by atoms with Crippen LogP contribution in [0.4, 0.5) is 13.2 Å². The lowest BCUT2D eigenvalue weighted by molar-refractivity contribution is -0.186. The molecule has 1 N–H and O–H groups in total. The van der Waals surface area contributed by atoms with Gasteiger partial charge >= 0.3 is 6.18 Å². The van der Waals surface area contributed by atoms with Gasteiger partial charge in [0, 0.05) is 6.04 Å². The van der Waals surface area contributed by atoms with Gasteiger partial charge in [-0.3, -0.25) is 0 Å². The molecule has 0 bridgehead atoms. The summed E-state index contributed by atoms with van der Waals surface area (Å²) in [6, 6.07) is 0.245. The van der Waals surface area contributed by atoms with Crippen molar-refractivity contribution < 1.29 is 13.2 Å². The largest absolute Gasteiger partial charge is 0.391 e. The molecule has 1 aliphatic carbocycles. The van der Waals surface area contributed by atoms with Gasteiger partial charge in [-0.1, -0.05) is 34.1 Å². The number of hydrogen-bond donors (Lipinski definition) is 1. The Labute approximate surface area is 128 Å². The van der Waals surface area contributed by atoms with Crippen molar-refractivity contribution >= 4 is 0 Å². The van der Waals surface area contributed by atoms with Crippen LogP contribution in [0.3, 0.4) is 0 Å². The van der Waals surface area contributed by atoms with Gasteiger partial charge in [0.2, 0.25) is 0 Å². The molecule has 3 unspecified atom stereocenters. The van der Waals surface area contributed by atoms with E-state index in [1.165, 1.54) is 0 Å². The smallest absolute Gasteiger partial charge is 0.314 e. The van der Waals surface area contributed by atoms with E-state index >= 15 is 0 Å². The third kappa shape index (κ3) is 7.03. The van der Waals surface area contributed by atoms with E-state index in [9.17, 15) is 13.2 Å². The predicted octanol–water partition coefficient (Wildman–Crippen LogP) is 5.55. The van der Waals surface area contributed by atoms with E-state index in [0.29, 0.717) is 19.3 Å². The van der Waals surface area contributed by atoms with Crippen molar-refractivity contribution in [3.05, 3.63) is 0 Å². The van der Waals surface area contributed by atoms with Crippen molar-refractivity contribution in [2.45, 2.75) is 84.9 Å². The molecular weight excluding hydrogens is 275 g/mol. The number of halogens is 3. The lowest BCUT2D eigenvalue weighted by Crippen LogP contribution is -2.41. The van der Waals surface area contributed by atoms with Crippen molar-refractivity contribution in [2.24, 2.45) is 17.3 Å². The summed E-state index contributed by atoms with van der Waals surface area (Å²) in [5, 5.41) is 3.52. The first-order chi connectivity index (χ1) is 9.63. The first-order valence-electron chi connectivity index (χ1n) is 8.43. The van der Waals surface area contributed by atoms with Gasteiger partial charge in [-0.05, 0) is 56.4 Å². The molecule has 1 fully saturated rings. The van der Waals surface area contributed by atoms with Crippen LogP contribution in [-0.2, 0) is 0 Å². The fourth-order valence-corrected chi connectivity index (χ4v) is 3.31. The Morgan fingerprint density at radius 1 is 1.14 bits per heavy atom. The number of rotatable bonds is 6. The third-order valence-corrected chi connectivity index (χ3v) is 4.61. The van der Waals surface area contributed by atoms with Crippen LogP contribution in [-0.4, -0.2) is 18.8 Å². The summed E-state index contributed by atoms with van der Waals surface area (Å²) in [6.45, 7) is 9.60. The maximum absolute atomic E-state index is 13.0. The highest BCUT2D eigenvalue weighted by Crippen LogP contribution is 2.41. The Balaban J connectivity index is 2.63. The molecule has 3 atom stereocenters. The van der Waals surface area contributed by atoms with E-state index in [2.05, 4.69) is 33.0 Å². The molecule has 1 aliphatic rings. The second-order valence-electron chi connectivity index (χ2n) is 7.83. The van der Waals surface area contributed by atoms with Crippen molar-refractivity contribution in [1.29, 1.82) is 0 Å². The lowest BCUT2D eigenvalue weighted by Gasteiger charge is -2.37. The van der Waals surface area contributed by atoms with Crippen molar-refractivity contribution in [1.82, 2.24) is 5.32 Å².